The molecule has 1 aromatic rings. The number of ether oxygens (including phenoxy) is 1. The molecule has 5 heteroatoms. The minimum absolute atomic E-state index is 0.161. The van der Waals surface area contributed by atoms with Crippen LogP contribution in [0.3, 0.4) is 0 Å². The van der Waals surface area contributed by atoms with Gasteiger partial charge in [-0.2, -0.15) is 0 Å². The van der Waals surface area contributed by atoms with Crippen LogP contribution in [-0.2, 0) is 9.59 Å². The zero-order chi connectivity index (χ0) is 15.7. The SMILES string of the molecule is CCOc1ccc(NC(=O)CC(=O)NCCC(C)C)cc1. The molecule has 0 heterocycles. The summed E-state index contributed by atoms with van der Waals surface area (Å²) in [6, 6.07) is 7.06. The van der Waals surface area contributed by atoms with Crippen molar-refractivity contribution in [3.8, 4) is 5.75 Å². The van der Waals surface area contributed by atoms with E-state index in [2.05, 4.69) is 24.5 Å². The van der Waals surface area contributed by atoms with Gasteiger partial charge in [0.1, 0.15) is 12.2 Å². The van der Waals surface area contributed by atoms with Gasteiger partial charge in [0.25, 0.3) is 0 Å². The summed E-state index contributed by atoms with van der Waals surface area (Å²) in [6.07, 6.45) is 0.748. The normalized spacial score (nSPS) is 10.3. The van der Waals surface area contributed by atoms with E-state index >= 15 is 0 Å². The average Bonchev–Trinajstić information content (AvgIpc) is 2.40. The number of carbonyl (C=O) groups excluding carboxylic acids is 2. The third-order valence-electron chi connectivity index (χ3n) is 2.81. The van der Waals surface area contributed by atoms with E-state index in [1.54, 1.807) is 24.3 Å². The average molecular weight is 292 g/mol. The Balaban J connectivity index is 2.34. The molecule has 0 saturated heterocycles. The number of nitrogens with one attached hydrogen (secondary N) is 2. The van der Waals surface area contributed by atoms with Crippen LogP contribution >= 0.6 is 0 Å². The summed E-state index contributed by atoms with van der Waals surface area (Å²) in [4.78, 5) is 23.3. The number of amides is 2. The van der Waals surface area contributed by atoms with Crippen molar-refractivity contribution in [2.75, 3.05) is 18.5 Å². The molecule has 0 aromatic heterocycles. The Morgan fingerprint density at radius 2 is 1.81 bits per heavy atom. The number of carbonyl (C=O) groups is 2. The Morgan fingerprint density at radius 3 is 2.38 bits per heavy atom. The van der Waals surface area contributed by atoms with Crippen molar-refractivity contribution in [3.63, 3.8) is 0 Å². The van der Waals surface area contributed by atoms with E-state index in [4.69, 9.17) is 4.74 Å². The summed E-state index contributed by atoms with van der Waals surface area (Å²) in [5.41, 5.74) is 0.651. The summed E-state index contributed by atoms with van der Waals surface area (Å²) in [5, 5.41) is 5.42. The van der Waals surface area contributed by atoms with Crippen molar-refractivity contribution < 1.29 is 14.3 Å². The van der Waals surface area contributed by atoms with Crippen LogP contribution in [0, 0.1) is 5.92 Å². The van der Waals surface area contributed by atoms with Crippen LogP contribution in [0.1, 0.15) is 33.6 Å². The standard InChI is InChI=1S/C16H24N2O3/c1-4-21-14-7-5-13(6-8-14)18-16(20)11-15(19)17-10-9-12(2)3/h5-8,12H,4,9-11H2,1-3H3,(H,17,19)(H,18,20). The highest BCUT2D eigenvalue weighted by atomic mass is 16.5. The summed E-state index contributed by atoms with van der Waals surface area (Å²) in [7, 11) is 0. The van der Waals surface area contributed by atoms with E-state index < -0.39 is 0 Å². The van der Waals surface area contributed by atoms with Crippen LogP contribution in [-0.4, -0.2) is 25.0 Å². The number of anilines is 1. The lowest BCUT2D eigenvalue weighted by Gasteiger charge is -2.08. The molecule has 0 bridgehead atoms. The molecule has 0 fully saturated rings. The zero-order valence-corrected chi connectivity index (χ0v) is 12.9. The van der Waals surface area contributed by atoms with Gasteiger partial charge in [-0.3, -0.25) is 9.59 Å². The Hall–Kier alpha value is -2.04. The first-order chi connectivity index (χ1) is 10.0. The van der Waals surface area contributed by atoms with Gasteiger partial charge in [-0.15, -0.1) is 0 Å². The lowest BCUT2D eigenvalue weighted by atomic mass is 10.1. The fraction of sp³-hybridized carbons (Fsp3) is 0.500. The maximum atomic E-state index is 11.7. The molecule has 5 nitrogen and oxygen atoms in total. The Labute approximate surface area is 126 Å². The molecule has 0 atom stereocenters. The first kappa shape index (κ1) is 17.0. The van der Waals surface area contributed by atoms with Gasteiger partial charge in [0.15, 0.2) is 0 Å². The maximum Gasteiger partial charge on any atom is 0.233 e. The summed E-state index contributed by atoms with van der Waals surface area (Å²) in [6.45, 7) is 7.29. The van der Waals surface area contributed by atoms with Crippen LogP contribution < -0.4 is 15.4 Å². The van der Waals surface area contributed by atoms with Crippen molar-refractivity contribution in [2.45, 2.75) is 33.6 Å². The largest absolute Gasteiger partial charge is 0.494 e. The highest BCUT2D eigenvalue weighted by Crippen LogP contribution is 2.15. The van der Waals surface area contributed by atoms with Crippen LogP contribution in [0.4, 0.5) is 5.69 Å². The second-order valence-corrected chi connectivity index (χ2v) is 5.21. The molecule has 116 valence electrons. The molecule has 0 aliphatic carbocycles. The van der Waals surface area contributed by atoms with E-state index in [0.29, 0.717) is 24.8 Å². The molecule has 1 rings (SSSR count). The first-order valence-electron chi connectivity index (χ1n) is 7.30. The molecular formula is C16H24N2O3. The third kappa shape index (κ3) is 7.34. The van der Waals surface area contributed by atoms with Gasteiger partial charge >= 0.3 is 0 Å². The van der Waals surface area contributed by atoms with Gasteiger partial charge in [0.2, 0.25) is 11.8 Å². The van der Waals surface area contributed by atoms with Gasteiger partial charge < -0.3 is 15.4 Å². The quantitative estimate of drug-likeness (QED) is 0.724. The molecule has 21 heavy (non-hydrogen) atoms. The zero-order valence-electron chi connectivity index (χ0n) is 12.9. The molecule has 0 spiro atoms. The van der Waals surface area contributed by atoms with Crippen molar-refractivity contribution in [2.24, 2.45) is 5.92 Å². The fourth-order valence-corrected chi connectivity index (χ4v) is 1.71. The minimum Gasteiger partial charge on any atom is -0.494 e. The molecule has 0 saturated carbocycles. The van der Waals surface area contributed by atoms with Crippen molar-refractivity contribution >= 4 is 17.5 Å². The van der Waals surface area contributed by atoms with Crippen LogP contribution in [0.5, 0.6) is 5.75 Å². The highest BCUT2D eigenvalue weighted by molar-refractivity contribution is 6.03. The van der Waals surface area contributed by atoms with E-state index in [1.807, 2.05) is 6.92 Å². The fourth-order valence-electron chi connectivity index (χ4n) is 1.71. The second-order valence-electron chi connectivity index (χ2n) is 5.21. The van der Waals surface area contributed by atoms with E-state index in [9.17, 15) is 9.59 Å². The van der Waals surface area contributed by atoms with Gasteiger partial charge in [-0.05, 0) is 43.5 Å². The number of rotatable bonds is 8. The van der Waals surface area contributed by atoms with Crippen molar-refractivity contribution in [1.82, 2.24) is 5.32 Å². The topological polar surface area (TPSA) is 67.4 Å². The number of hydrogen-bond donors (Lipinski definition) is 2. The maximum absolute atomic E-state index is 11.7. The van der Waals surface area contributed by atoms with Gasteiger partial charge in [0, 0.05) is 12.2 Å². The lowest BCUT2D eigenvalue weighted by molar-refractivity contribution is -0.126. The molecular weight excluding hydrogens is 268 g/mol. The lowest BCUT2D eigenvalue weighted by Crippen LogP contribution is -2.29. The minimum atomic E-state index is -0.318. The van der Waals surface area contributed by atoms with Crippen LogP contribution in [0.2, 0.25) is 0 Å². The molecule has 1 aromatic carbocycles. The van der Waals surface area contributed by atoms with Crippen molar-refractivity contribution in [1.29, 1.82) is 0 Å². The predicted molar refractivity (Wildman–Crippen MR) is 83.3 cm³/mol. The summed E-state index contributed by atoms with van der Waals surface area (Å²) < 4.78 is 5.32. The molecule has 2 N–H and O–H groups in total. The number of benzene rings is 1. The Morgan fingerprint density at radius 1 is 1.14 bits per heavy atom. The summed E-state index contributed by atoms with van der Waals surface area (Å²) in [5.74, 6) is 0.713. The highest BCUT2D eigenvalue weighted by Gasteiger charge is 2.09. The second kappa shape index (κ2) is 9.00. The third-order valence-corrected chi connectivity index (χ3v) is 2.81. The van der Waals surface area contributed by atoms with Gasteiger partial charge in [-0.1, -0.05) is 13.8 Å². The van der Waals surface area contributed by atoms with E-state index in [0.717, 1.165) is 12.2 Å². The van der Waals surface area contributed by atoms with Crippen LogP contribution in [0.25, 0.3) is 0 Å². The molecule has 0 aliphatic rings. The van der Waals surface area contributed by atoms with E-state index in [-0.39, 0.29) is 18.2 Å². The van der Waals surface area contributed by atoms with Crippen molar-refractivity contribution in [3.05, 3.63) is 24.3 Å². The Kier molecular flexibility index (Phi) is 7.29. The molecule has 0 aliphatic heterocycles. The van der Waals surface area contributed by atoms with Gasteiger partial charge in [-0.25, -0.2) is 0 Å². The monoisotopic (exact) mass is 292 g/mol. The predicted octanol–water partition coefficient (Wildman–Crippen LogP) is 2.58. The Bertz CT molecular complexity index is 455. The first-order valence-corrected chi connectivity index (χ1v) is 7.30. The van der Waals surface area contributed by atoms with Crippen LogP contribution in [0.15, 0.2) is 24.3 Å². The van der Waals surface area contributed by atoms with E-state index in [1.165, 1.54) is 0 Å². The number of hydrogen-bond acceptors (Lipinski definition) is 3. The van der Waals surface area contributed by atoms with Gasteiger partial charge in [0.05, 0.1) is 6.61 Å². The summed E-state index contributed by atoms with van der Waals surface area (Å²) >= 11 is 0. The molecule has 0 unspecified atom stereocenters. The smallest absolute Gasteiger partial charge is 0.233 e. The molecule has 2 amide bonds. The molecule has 0 radical (unpaired) electrons.